The first kappa shape index (κ1) is 5.10. The SMILES string of the molecule is CC[C]1COC1C. The van der Waals surface area contributed by atoms with Crippen molar-refractivity contribution >= 4 is 0 Å². The second-order valence-electron chi connectivity index (χ2n) is 1.97. The molecule has 1 radical (unpaired) electrons. The number of hydrogen-bond donors (Lipinski definition) is 0. The molecule has 0 aromatic rings. The Morgan fingerprint density at radius 2 is 2.57 bits per heavy atom. The van der Waals surface area contributed by atoms with Crippen molar-refractivity contribution in [1.82, 2.24) is 0 Å². The maximum Gasteiger partial charge on any atom is 0.0632 e. The molecule has 1 unspecified atom stereocenters. The first-order chi connectivity index (χ1) is 3.34. The molecule has 0 spiro atoms. The molecule has 1 aliphatic rings. The van der Waals surface area contributed by atoms with Gasteiger partial charge in [0.15, 0.2) is 0 Å². The minimum Gasteiger partial charge on any atom is -0.377 e. The second-order valence-corrected chi connectivity index (χ2v) is 1.97. The van der Waals surface area contributed by atoms with Gasteiger partial charge in [-0.25, -0.2) is 0 Å². The highest BCUT2D eigenvalue weighted by Gasteiger charge is 2.25. The van der Waals surface area contributed by atoms with E-state index < -0.39 is 0 Å². The summed E-state index contributed by atoms with van der Waals surface area (Å²) in [6.07, 6.45) is 1.66. The van der Waals surface area contributed by atoms with Gasteiger partial charge in [0.05, 0.1) is 12.7 Å². The summed E-state index contributed by atoms with van der Waals surface area (Å²) in [7, 11) is 0. The molecule has 1 aliphatic heterocycles. The lowest BCUT2D eigenvalue weighted by Gasteiger charge is -2.32. The molecule has 0 N–H and O–H groups in total. The zero-order valence-electron chi connectivity index (χ0n) is 4.90. The van der Waals surface area contributed by atoms with Gasteiger partial charge in [0.2, 0.25) is 0 Å². The largest absolute Gasteiger partial charge is 0.377 e. The molecule has 1 rings (SSSR count). The van der Waals surface area contributed by atoms with Crippen LogP contribution in [0.1, 0.15) is 20.3 Å². The zero-order chi connectivity index (χ0) is 5.28. The van der Waals surface area contributed by atoms with Crippen LogP contribution < -0.4 is 0 Å². The Morgan fingerprint density at radius 3 is 2.57 bits per heavy atom. The van der Waals surface area contributed by atoms with Gasteiger partial charge in [-0.15, -0.1) is 0 Å². The van der Waals surface area contributed by atoms with Crippen LogP contribution in [0.15, 0.2) is 0 Å². The molecule has 1 heteroatoms. The summed E-state index contributed by atoms with van der Waals surface area (Å²) in [4.78, 5) is 0. The molecule has 1 atom stereocenters. The lowest BCUT2D eigenvalue weighted by atomic mass is 9.97. The monoisotopic (exact) mass is 99.1 g/mol. The molecule has 0 saturated carbocycles. The fraction of sp³-hybridized carbons (Fsp3) is 0.833. The van der Waals surface area contributed by atoms with Crippen molar-refractivity contribution in [2.45, 2.75) is 26.4 Å². The van der Waals surface area contributed by atoms with Gasteiger partial charge in [0.1, 0.15) is 0 Å². The van der Waals surface area contributed by atoms with E-state index in [0.717, 1.165) is 6.61 Å². The van der Waals surface area contributed by atoms with Gasteiger partial charge in [0, 0.05) is 5.92 Å². The topological polar surface area (TPSA) is 9.23 Å². The van der Waals surface area contributed by atoms with E-state index in [-0.39, 0.29) is 0 Å². The zero-order valence-corrected chi connectivity index (χ0v) is 4.90. The maximum atomic E-state index is 5.10. The standard InChI is InChI=1S/C6H11O/c1-3-6-4-7-5(6)2/h5H,3-4H2,1-2H3. The molecule has 1 nitrogen and oxygen atoms in total. The van der Waals surface area contributed by atoms with Crippen LogP contribution in [0, 0.1) is 5.92 Å². The molecule has 1 heterocycles. The minimum atomic E-state index is 0.463. The van der Waals surface area contributed by atoms with Crippen molar-refractivity contribution in [2.75, 3.05) is 6.61 Å². The van der Waals surface area contributed by atoms with Crippen LogP contribution in [0.4, 0.5) is 0 Å². The van der Waals surface area contributed by atoms with Crippen molar-refractivity contribution in [3.63, 3.8) is 0 Å². The maximum absolute atomic E-state index is 5.10. The van der Waals surface area contributed by atoms with E-state index in [1.807, 2.05) is 0 Å². The Hall–Kier alpha value is -0.0400. The van der Waals surface area contributed by atoms with Crippen LogP contribution >= 0.6 is 0 Å². The summed E-state index contributed by atoms with van der Waals surface area (Å²) in [5, 5.41) is 0. The van der Waals surface area contributed by atoms with Gasteiger partial charge in [-0.05, 0) is 13.3 Å². The van der Waals surface area contributed by atoms with Crippen LogP contribution in [0.5, 0.6) is 0 Å². The summed E-state index contributed by atoms with van der Waals surface area (Å²) in [5.41, 5.74) is 0. The highest BCUT2D eigenvalue weighted by atomic mass is 16.5. The Bertz CT molecular complexity index is 59.2. The van der Waals surface area contributed by atoms with Crippen molar-refractivity contribution in [1.29, 1.82) is 0 Å². The van der Waals surface area contributed by atoms with Gasteiger partial charge in [-0.3, -0.25) is 0 Å². The van der Waals surface area contributed by atoms with E-state index >= 15 is 0 Å². The van der Waals surface area contributed by atoms with E-state index in [9.17, 15) is 0 Å². The third-order valence-corrected chi connectivity index (χ3v) is 1.55. The fourth-order valence-electron chi connectivity index (χ4n) is 0.757. The average Bonchev–Trinajstić information content (AvgIpc) is 1.65. The normalized spacial score (nSPS) is 32.6. The molecular weight excluding hydrogens is 88.1 g/mol. The van der Waals surface area contributed by atoms with Crippen LogP contribution in [-0.4, -0.2) is 12.7 Å². The molecule has 0 amide bonds. The predicted octanol–water partition coefficient (Wildman–Crippen LogP) is 1.39. The Kier molecular flexibility index (Phi) is 1.33. The first-order valence-corrected chi connectivity index (χ1v) is 2.80. The average molecular weight is 99.2 g/mol. The van der Waals surface area contributed by atoms with Crippen LogP contribution in [0.3, 0.4) is 0 Å². The Labute approximate surface area is 44.7 Å². The summed E-state index contributed by atoms with van der Waals surface area (Å²) in [6, 6.07) is 0. The van der Waals surface area contributed by atoms with Crippen LogP contribution in [0.2, 0.25) is 0 Å². The third-order valence-electron chi connectivity index (χ3n) is 1.55. The molecule has 7 heavy (non-hydrogen) atoms. The van der Waals surface area contributed by atoms with Crippen molar-refractivity contribution < 1.29 is 4.74 Å². The minimum absolute atomic E-state index is 0.463. The van der Waals surface area contributed by atoms with E-state index in [0.29, 0.717) is 6.10 Å². The van der Waals surface area contributed by atoms with E-state index in [1.165, 1.54) is 6.42 Å². The molecule has 41 valence electrons. The fourth-order valence-corrected chi connectivity index (χ4v) is 0.757. The lowest BCUT2D eigenvalue weighted by molar-refractivity contribution is -0.0123. The van der Waals surface area contributed by atoms with Crippen LogP contribution in [-0.2, 0) is 4.74 Å². The lowest BCUT2D eigenvalue weighted by Crippen LogP contribution is -2.34. The summed E-state index contributed by atoms with van der Waals surface area (Å²) in [6.45, 7) is 5.19. The highest BCUT2D eigenvalue weighted by molar-refractivity contribution is 5.01. The van der Waals surface area contributed by atoms with Gasteiger partial charge in [0.25, 0.3) is 0 Å². The Morgan fingerprint density at radius 1 is 1.86 bits per heavy atom. The summed E-state index contributed by atoms with van der Waals surface area (Å²) < 4.78 is 5.10. The van der Waals surface area contributed by atoms with Crippen molar-refractivity contribution in [3.05, 3.63) is 5.92 Å². The van der Waals surface area contributed by atoms with E-state index in [4.69, 9.17) is 4.74 Å². The number of rotatable bonds is 1. The second kappa shape index (κ2) is 1.83. The smallest absolute Gasteiger partial charge is 0.0632 e. The van der Waals surface area contributed by atoms with E-state index in [2.05, 4.69) is 13.8 Å². The number of ether oxygens (including phenoxy) is 1. The molecule has 0 aromatic carbocycles. The molecule has 0 bridgehead atoms. The molecule has 1 fully saturated rings. The first-order valence-electron chi connectivity index (χ1n) is 2.80. The van der Waals surface area contributed by atoms with Gasteiger partial charge >= 0.3 is 0 Å². The van der Waals surface area contributed by atoms with Gasteiger partial charge in [-0.2, -0.15) is 0 Å². The van der Waals surface area contributed by atoms with Gasteiger partial charge < -0.3 is 4.74 Å². The molecule has 0 aliphatic carbocycles. The highest BCUT2D eigenvalue weighted by Crippen LogP contribution is 2.24. The van der Waals surface area contributed by atoms with E-state index in [1.54, 1.807) is 5.92 Å². The predicted molar refractivity (Wildman–Crippen MR) is 28.9 cm³/mol. The van der Waals surface area contributed by atoms with Crippen molar-refractivity contribution in [3.8, 4) is 0 Å². The molecule has 1 saturated heterocycles. The third kappa shape index (κ3) is 0.778. The number of hydrogen-bond acceptors (Lipinski definition) is 1. The van der Waals surface area contributed by atoms with Crippen LogP contribution in [0.25, 0.3) is 0 Å². The van der Waals surface area contributed by atoms with Gasteiger partial charge in [-0.1, -0.05) is 6.92 Å². The Balaban J connectivity index is 2.16. The summed E-state index contributed by atoms with van der Waals surface area (Å²) in [5.74, 6) is 1.56. The molecule has 0 aromatic heterocycles. The quantitative estimate of drug-likeness (QED) is 0.482. The summed E-state index contributed by atoms with van der Waals surface area (Å²) >= 11 is 0. The van der Waals surface area contributed by atoms with Crippen molar-refractivity contribution in [2.24, 2.45) is 0 Å². The molecular formula is C6H11O.